The monoisotopic (exact) mass is 301 g/mol. The van der Waals surface area contributed by atoms with Gasteiger partial charge in [0.15, 0.2) is 0 Å². The molecule has 2 N–H and O–H groups in total. The zero-order chi connectivity index (χ0) is 13.1. The molecule has 0 unspecified atom stereocenters. The number of aliphatic hydroxyl groups is 1. The summed E-state index contributed by atoms with van der Waals surface area (Å²) in [6.45, 7) is -0.0747. The summed E-state index contributed by atoms with van der Waals surface area (Å²) in [5.74, 6) is -0.321. The van der Waals surface area contributed by atoms with E-state index < -0.39 is 0 Å². The summed E-state index contributed by atoms with van der Waals surface area (Å²) < 4.78 is 0.824. The van der Waals surface area contributed by atoms with Crippen molar-refractivity contribution >= 4 is 46.1 Å². The van der Waals surface area contributed by atoms with Crippen LogP contribution in [-0.2, 0) is 6.61 Å². The molecule has 0 aliphatic rings. The number of carbonyl (C=O) groups is 1. The van der Waals surface area contributed by atoms with Crippen LogP contribution < -0.4 is 5.32 Å². The Morgan fingerprint density at radius 2 is 2.11 bits per heavy atom. The molecular formula is C12H9Cl2NO2S. The van der Waals surface area contributed by atoms with Gasteiger partial charge in [-0.15, -0.1) is 11.3 Å². The fourth-order valence-corrected chi connectivity index (χ4v) is 2.90. The third kappa shape index (κ3) is 3.03. The number of anilines is 1. The molecule has 0 saturated heterocycles. The van der Waals surface area contributed by atoms with E-state index in [0.29, 0.717) is 19.9 Å². The first kappa shape index (κ1) is 13.4. The molecule has 0 atom stereocenters. The Balaban J connectivity index is 2.18. The molecule has 0 aliphatic heterocycles. The number of halogens is 2. The van der Waals surface area contributed by atoms with Crippen molar-refractivity contribution in [3.8, 4) is 0 Å². The summed E-state index contributed by atoms with van der Waals surface area (Å²) in [6, 6.07) is 8.48. The highest BCUT2D eigenvalue weighted by Crippen LogP contribution is 2.31. The summed E-state index contributed by atoms with van der Waals surface area (Å²) in [6.07, 6.45) is 0. The predicted octanol–water partition coefficient (Wildman–Crippen LogP) is 3.80. The Kier molecular flexibility index (Phi) is 4.24. The fraction of sp³-hybridized carbons (Fsp3) is 0.0833. The van der Waals surface area contributed by atoms with Crippen LogP contribution in [0, 0.1) is 0 Å². The number of rotatable bonds is 3. The third-order valence-electron chi connectivity index (χ3n) is 2.27. The molecule has 1 aromatic heterocycles. The van der Waals surface area contributed by atoms with Gasteiger partial charge in [0, 0.05) is 5.69 Å². The summed E-state index contributed by atoms with van der Waals surface area (Å²) in [5, 5.41) is 11.7. The number of benzene rings is 1. The van der Waals surface area contributed by atoms with Crippen molar-refractivity contribution < 1.29 is 9.90 Å². The van der Waals surface area contributed by atoms with Crippen LogP contribution in [0.25, 0.3) is 0 Å². The lowest BCUT2D eigenvalue weighted by Gasteiger charge is -2.05. The first-order valence-electron chi connectivity index (χ1n) is 5.06. The minimum Gasteiger partial charge on any atom is -0.392 e. The van der Waals surface area contributed by atoms with Crippen molar-refractivity contribution in [2.24, 2.45) is 0 Å². The van der Waals surface area contributed by atoms with Gasteiger partial charge in [0.05, 0.1) is 16.5 Å². The van der Waals surface area contributed by atoms with Gasteiger partial charge in [-0.3, -0.25) is 4.79 Å². The molecule has 0 fully saturated rings. The highest BCUT2D eigenvalue weighted by Gasteiger charge is 2.14. The van der Waals surface area contributed by atoms with E-state index in [1.165, 1.54) is 6.07 Å². The molecule has 0 saturated carbocycles. The number of amides is 1. The number of aliphatic hydroxyl groups excluding tert-OH is 1. The largest absolute Gasteiger partial charge is 0.392 e. The maximum Gasteiger partial charge on any atom is 0.258 e. The lowest BCUT2D eigenvalue weighted by Crippen LogP contribution is -2.11. The average Bonchev–Trinajstić information content (AvgIpc) is 2.69. The molecule has 0 aliphatic carbocycles. The second-order valence-corrected chi connectivity index (χ2v) is 5.84. The highest BCUT2D eigenvalue weighted by atomic mass is 35.5. The fourth-order valence-electron chi connectivity index (χ4n) is 1.44. The Bertz CT molecular complexity index is 583. The molecular weight excluding hydrogens is 293 g/mol. The molecule has 18 heavy (non-hydrogen) atoms. The summed E-state index contributed by atoms with van der Waals surface area (Å²) in [4.78, 5) is 11.9. The highest BCUT2D eigenvalue weighted by molar-refractivity contribution is 7.20. The van der Waals surface area contributed by atoms with Gasteiger partial charge in [-0.25, -0.2) is 0 Å². The molecule has 0 bridgehead atoms. The van der Waals surface area contributed by atoms with Crippen LogP contribution in [0.4, 0.5) is 5.69 Å². The normalized spacial score (nSPS) is 10.4. The van der Waals surface area contributed by atoms with Crippen LogP contribution in [0.5, 0.6) is 0 Å². The molecule has 3 nitrogen and oxygen atoms in total. The van der Waals surface area contributed by atoms with Crippen LogP contribution in [0.3, 0.4) is 0 Å². The van der Waals surface area contributed by atoms with E-state index >= 15 is 0 Å². The minimum atomic E-state index is -0.321. The Morgan fingerprint density at radius 3 is 2.72 bits per heavy atom. The van der Waals surface area contributed by atoms with E-state index in [0.717, 1.165) is 16.9 Å². The molecule has 1 amide bonds. The third-order valence-corrected chi connectivity index (χ3v) is 3.76. The number of thiophene rings is 1. The van der Waals surface area contributed by atoms with E-state index in [1.54, 1.807) is 24.3 Å². The van der Waals surface area contributed by atoms with Crippen LogP contribution in [0.2, 0.25) is 8.67 Å². The van der Waals surface area contributed by atoms with Crippen molar-refractivity contribution in [1.82, 2.24) is 0 Å². The molecule has 1 aromatic carbocycles. The lowest BCUT2D eigenvalue weighted by molar-refractivity contribution is 0.102. The van der Waals surface area contributed by atoms with Gasteiger partial charge in [0.1, 0.15) is 4.34 Å². The maximum atomic E-state index is 11.9. The number of hydrogen-bond donors (Lipinski definition) is 2. The Labute approximate surface area is 118 Å². The number of nitrogens with one attached hydrogen (secondary N) is 1. The van der Waals surface area contributed by atoms with Gasteiger partial charge in [-0.2, -0.15) is 0 Å². The zero-order valence-electron chi connectivity index (χ0n) is 9.11. The molecule has 2 rings (SSSR count). The van der Waals surface area contributed by atoms with Gasteiger partial charge in [-0.1, -0.05) is 35.3 Å². The maximum absolute atomic E-state index is 11.9. The smallest absolute Gasteiger partial charge is 0.258 e. The van der Waals surface area contributed by atoms with E-state index in [-0.39, 0.29) is 12.5 Å². The SMILES string of the molecule is O=C(Nc1cccc(CO)c1)c1cc(Cl)sc1Cl. The average molecular weight is 302 g/mol. The van der Waals surface area contributed by atoms with Crippen molar-refractivity contribution in [3.63, 3.8) is 0 Å². The topological polar surface area (TPSA) is 49.3 Å². The molecule has 2 aromatic rings. The molecule has 0 spiro atoms. The van der Waals surface area contributed by atoms with Crippen molar-refractivity contribution in [1.29, 1.82) is 0 Å². The van der Waals surface area contributed by atoms with Gasteiger partial charge in [0.2, 0.25) is 0 Å². The lowest BCUT2D eigenvalue weighted by atomic mass is 10.2. The summed E-state index contributed by atoms with van der Waals surface area (Å²) >= 11 is 12.8. The van der Waals surface area contributed by atoms with Gasteiger partial charge >= 0.3 is 0 Å². The quantitative estimate of drug-likeness (QED) is 0.906. The van der Waals surface area contributed by atoms with Gasteiger partial charge in [0.25, 0.3) is 5.91 Å². The number of carbonyl (C=O) groups excluding carboxylic acids is 1. The van der Waals surface area contributed by atoms with Crippen LogP contribution in [-0.4, -0.2) is 11.0 Å². The van der Waals surface area contributed by atoms with Crippen molar-refractivity contribution in [2.75, 3.05) is 5.32 Å². The molecule has 6 heteroatoms. The van der Waals surface area contributed by atoms with Crippen molar-refractivity contribution in [3.05, 3.63) is 50.1 Å². The second kappa shape index (κ2) is 5.71. The Morgan fingerprint density at radius 1 is 1.33 bits per heavy atom. The zero-order valence-corrected chi connectivity index (χ0v) is 11.4. The van der Waals surface area contributed by atoms with Gasteiger partial charge < -0.3 is 10.4 Å². The minimum absolute atomic E-state index is 0.0747. The van der Waals surface area contributed by atoms with Crippen LogP contribution >= 0.6 is 34.5 Å². The predicted molar refractivity (Wildman–Crippen MR) is 74.7 cm³/mol. The summed E-state index contributed by atoms with van der Waals surface area (Å²) in [7, 11) is 0. The van der Waals surface area contributed by atoms with Gasteiger partial charge in [-0.05, 0) is 23.8 Å². The van der Waals surface area contributed by atoms with E-state index in [1.807, 2.05) is 0 Å². The number of hydrogen-bond acceptors (Lipinski definition) is 3. The van der Waals surface area contributed by atoms with E-state index in [9.17, 15) is 4.79 Å². The standard InChI is InChI=1S/C12H9Cl2NO2S/c13-10-5-9(11(14)18-10)12(17)15-8-3-1-2-7(4-8)6-16/h1-5,16H,6H2,(H,15,17). The molecule has 94 valence electrons. The first-order chi connectivity index (χ1) is 8.60. The van der Waals surface area contributed by atoms with E-state index in [4.69, 9.17) is 28.3 Å². The molecule has 1 heterocycles. The van der Waals surface area contributed by atoms with Crippen molar-refractivity contribution in [2.45, 2.75) is 6.61 Å². The summed E-state index contributed by atoms with van der Waals surface area (Å²) in [5.41, 5.74) is 1.67. The van der Waals surface area contributed by atoms with Crippen LogP contribution in [0.1, 0.15) is 15.9 Å². The van der Waals surface area contributed by atoms with Crippen LogP contribution in [0.15, 0.2) is 30.3 Å². The van der Waals surface area contributed by atoms with E-state index in [2.05, 4.69) is 5.32 Å². The first-order valence-corrected chi connectivity index (χ1v) is 6.63. The molecule has 0 radical (unpaired) electrons. The second-order valence-electron chi connectivity index (χ2n) is 3.55. The Hall–Kier alpha value is -1.07.